The average Bonchev–Trinajstić information content (AvgIpc) is 2.32. The van der Waals surface area contributed by atoms with Crippen molar-refractivity contribution in [1.29, 1.82) is 0 Å². The van der Waals surface area contributed by atoms with Crippen molar-refractivity contribution < 1.29 is 4.74 Å². The molecule has 2 nitrogen and oxygen atoms in total. The summed E-state index contributed by atoms with van der Waals surface area (Å²) in [4.78, 5) is 0. The molecule has 1 saturated heterocycles. The van der Waals surface area contributed by atoms with Crippen LogP contribution in [0.5, 0.6) is 0 Å². The molecule has 0 aliphatic carbocycles. The number of ether oxygens (including phenoxy) is 1. The maximum absolute atomic E-state index is 6.13. The van der Waals surface area contributed by atoms with Gasteiger partial charge in [0.2, 0.25) is 0 Å². The van der Waals surface area contributed by atoms with Crippen LogP contribution in [0.1, 0.15) is 18.9 Å². The molecule has 94 valence electrons. The number of nitrogens with one attached hydrogen (secondary N) is 1. The number of hydrogen-bond donors (Lipinski definition) is 1. The van der Waals surface area contributed by atoms with E-state index in [1.54, 1.807) is 0 Å². The highest BCUT2D eigenvalue weighted by Crippen LogP contribution is 2.21. The molecule has 1 aromatic carbocycles. The van der Waals surface area contributed by atoms with Crippen LogP contribution in [0.3, 0.4) is 0 Å². The van der Waals surface area contributed by atoms with Gasteiger partial charge in [-0.05, 0) is 36.1 Å². The largest absolute Gasteiger partial charge is 0.381 e. The topological polar surface area (TPSA) is 21.3 Å². The van der Waals surface area contributed by atoms with Gasteiger partial charge < -0.3 is 10.1 Å². The molecule has 1 aliphatic heterocycles. The van der Waals surface area contributed by atoms with Crippen molar-refractivity contribution in [3.8, 4) is 0 Å². The molecule has 4 heteroatoms. The van der Waals surface area contributed by atoms with E-state index in [9.17, 15) is 0 Å². The molecule has 0 spiro atoms. The normalized spacial score (nSPS) is 24.9. The third-order valence-corrected chi connectivity index (χ3v) is 3.81. The predicted octanol–water partition coefficient (Wildman–Crippen LogP) is 3.51. The Labute approximate surface area is 112 Å². The molecule has 0 radical (unpaired) electrons. The van der Waals surface area contributed by atoms with Crippen molar-refractivity contribution in [3.05, 3.63) is 33.8 Å². The SMILES string of the molecule is CC1COCCC1NCc1cc(Cl)ccc1Cl. The van der Waals surface area contributed by atoms with Gasteiger partial charge in [-0.3, -0.25) is 0 Å². The molecule has 0 amide bonds. The zero-order valence-corrected chi connectivity index (χ0v) is 11.4. The van der Waals surface area contributed by atoms with Crippen LogP contribution in [-0.2, 0) is 11.3 Å². The lowest BCUT2D eigenvalue weighted by molar-refractivity contribution is 0.0386. The molecule has 2 unspecified atom stereocenters. The molecular weight excluding hydrogens is 257 g/mol. The fourth-order valence-corrected chi connectivity index (χ4v) is 2.48. The summed E-state index contributed by atoms with van der Waals surface area (Å²) in [5.74, 6) is 0.543. The summed E-state index contributed by atoms with van der Waals surface area (Å²) in [6, 6.07) is 6.07. The molecule has 1 fully saturated rings. The summed E-state index contributed by atoms with van der Waals surface area (Å²) in [5, 5.41) is 5.03. The van der Waals surface area contributed by atoms with Gasteiger partial charge in [0, 0.05) is 29.2 Å². The van der Waals surface area contributed by atoms with E-state index in [0.29, 0.717) is 12.0 Å². The van der Waals surface area contributed by atoms with Crippen LogP contribution < -0.4 is 5.32 Å². The van der Waals surface area contributed by atoms with E-state index in [1.165, 1.54) is 0 Å². The summed E-state index contributed by atoms with van der Waals surface area (Å²) in [7, 11) is 0. The second-order valence-electron chi connectivity index (χ2n) is 4.56. The van der Waals surface area contributed by atoms with Gasteiger partial charge in [0.15, 0.2) is 0 Å². The van der Waals surface area contributed by atoms with Gasteiger partial charge in [0.05, 0.1) is 6.61 Å². The van der Waals surface area contributed by atoms with Gasteiger partial charge in [-0.2, -0.15) is 0 Å². The Morgan fingerprint density at radius 3 is 3.00 bits per heavy atom. The van der Waals surface area contributed by atoms with Crippen LogP contribution in [0.2, 0.25) is 10.0 Å². The molecule has 17 heavy (non-hydrogen) atoms. The number of hydrogen-bond acceptors (Lipinski definition) is 2. The molecule has 1 aliphatic rings. The minimum absolute atomic E-state index is 0.499. The van der Waals surface area contributed by atoms with E-state index in [-0.39, 0.29) is 0 Å². The Morgan fingerprint density at radius 2 is 2.24 bits per heavy atom. The molecule has 0 bridgehead atoms. The van der Waals surface area contributed by atoms with Gasteiger partial charge in [0.1, 0.15) is 0 Å². The first-order valence-electron chi connectivity index (χ1n) is 5.92. The minimum Gasteiger partial charge on any atom is -0.381 e. The average molecular weight is 274 g/mol. The molecule has 0 saturated carbocycles. The Hall–Kier alpha value is -0.280. The highest BCUT2D eigenvalue weighted by Gasteiger charge is 2.21. The Kier molecular flexibility index (Phi) is 4.69. The summed E-state index contributed by atoms with van der Waals surface area (Å²) >= 11 is 12.1. The van der Waals surface area contributed by atoms with E-state index >= 15 is 0 Å². The monoisotopic (exact) mass is 273 g/mol. The Balaban J connectivity index is 1.94. The van der Waals surface area contributed by atoms with Gasteiger partial charge in [0.25, 0.3) is 0 Å². The Morgan fingerprint density at radius 1 is 1.41 bits per heavy atom. The number of benzene rings is 1. The zero-order chi connectivity index (χ0) is 12.3. The molecule has 1 heterocycles. The van der Waals surface area contributed by atoms with E-state index in [4.69, 9.17) is 27.9 Å². The summed E-state index contributed by atoms with van der Waals surface area (Å²) in [6.45, 7) is 4.64. The van der Waals surface area contributed by atoms with Crippen LogP contribution in [-0.4, -0.2) is 19.3 Å². The van der Waals surface area contributed by atoms with Crippen LogP contribution in [0.15, 0.2) is 18.2 Å². The highest BCUT2D eigenvalue weighted by molar-refractivity contribution is 6.33. The van der Waals surface area contributed by atoms with Gasteiger partial charge in [-0.25, -0.2) is 0 Å². The Bertz CT molecular complexity index is 384. The summed E-state index contributed by atoms with van der Waals surface area (Å²) < 4.78 is 5.42. The van der Waals surface area contributed by atoms with Crippen LogP contribution in [0.4, 0.5) is 0 Å². The zero-order valence-electron chi connectivity index (χ0n) is 9.88. The van der Waals surface area contributed by atoms with Crippen molar-refractivity contribution in [2.24, 2.45) is 5.92 Å². The van der Waals surface area contributed by atoms with Crippen molar-refractivity contribution >= 4 is 23.2 Å². The second-order valence-corrected chi connectivity index (χ2v) is 5.41. The first-order valence-corrected chi connectivity index (χ1v) is 6.67. The molecule has 1 aromatic rings. The fraction of sp³-hybridized carbons (Fsp3) is 0.538. The third kappa shape index (κ3) is 3.59. The van der Waals surface area contributed by atoms with Crippen molar-refractivity contribution in [3.63, 3.8) is 0 Å². The summed E-state index contributed by atoms with van der Waals surface area (Å²) in [5.41, 5.74) is 1.05. The molecular formula is C13H17Cl2NO. The smallest absolute Gasteiger partial charge is 0.0506 e. The minimum atomic E-state index is 0.499. The lowest BCUT2D eigenvalue weighted by Crippen LogP contribution is -2.41. The third-order valence-electron chi connectivity index (χ3n) is 3.20. The van der Waals surface area contributed by atoms with Crippen molar-refractivity contribution in [2.45, 2.75) is 25.9 Å². The van der Waals surface area contributed by atoms with Crippen molar-refractivity contribution in [1.82, 2.24) is 5.32 Å². The van der Waals surface area contributed by atoms with Crippen molar-refractivity contribution in [2.75, 3.05) is 13.2 Å². The van der Waals surface area contributed by atoms with E-state index < -0.39 is 0 Å². The van der Waals surface area contributed by atoms with E-state index in [1.807, 2.05) is 18.2 Å². The van der Waals surface area contributed by atoms with Crippen LogP contribution >= 0.6 is 23.2 Å². The van der Waals surface area contributed by atoms with Gasteiger partial charge in [-0.15, -0.1) is 0 Å². The quantitative estimate of drug-likeness (QED) is 0.910. The lowest BCUT2D eigenvalue weighted by Gasteiger charge is -2.29. The molecule has 2 rings (SSSR count). The molecule has 2 atom stereocenters. The maximum Gasteiger partial charge on any atom is 0.0506 e. The predicted molar refractivity (Wildman–Crippen MR) is 71.7 cm³/mol. The van der Waals surface area contributed by atoms with Crippen LogP contribution in [0.25, 0.3) is 0 Å². The molecule has 1 N–H and O–H groups in total. The first kappa shape index (κ1) is 13.2. The summed E-state index contributed by atoms with van der Waals surface area (Å²) in [6.07, 6.45) is 1.05. The standard InChI is InChI=1S/C13H17Cl2NO/c1-9-8-17-5-4-13(9)16-7-10-6-11(14)2-3-12(10)15/h2-3,6,9,13,16H,4-5,7-8H2,1H3. The maximum atomic E-state index is 6.13. The lowest BCUT2D eigenvalue weighted by atomic mass is 9.97. The van der Waals surface area contributed by atoms with Gasteiger partial charge >= 0.3 is 0 Å². The molecule has 0 aromatic heterocycles. The van der Waals surface area contributed by atoms with Crippen LogP contribution in [0, 0.1) is 5.92 Å². The van der Waals surface area contributed by atoms with E-state index in [0.717, 1.165) is 41.8 Å². The first-order chi connectivity index (χ1) is 8.16. The fourth-order valence-electron chi connectivity index (χ4n) is 2.10. The van der Waals surface area contributed by atoms with Gasteiger partial charge in [-0.1, -0.05) is 30.1 Å². The number of halogens is 2. The second kappa shape index (κ2) is 6.05. The van der Waals surface area contributed by atoms with E-state index in [2.05, 4.69) is 12.2 Å². The number of rotatable bonds is 3. The highest BCUT2D eigenvalue weighted by atomic mass is 35.5.